The topological polar surface area (TPSA) is 212 Å². The lowest BCUT2D eigenvalue weighted by molar-refractivity contribution is -0.344. The molecule has 3 fully saturated rings. The molecule has 5 rings (SSSR count). The van der Waals surface area contributed by atoms with Gasteiger partial charge in [0.1, 0.15) is 17.8 Å². The van der Waals surface area contributed by atoms with E-state index in [-0.39, 0.29) is 18.6 Å². The van der Waals surface area contributed by atoms with Crippen LogP contribution >= 0.6 is 0 Å². The fraction of sp³-hybridized carbons (Fsp3) is 0.581. The number of fused-ring (bicyclic) bond motifs is 5. The van der Waals surface area contributed by atoms with E-state index in [9.17, 15) is 44.4 Å². The highest BCUT2D eigenvalue weighted by Crippen LogP contribution is 2.64. The van der Waals surface area contributed by atoms with Gasteiger partial charge in [-0.3, -0.25) is 9.59 Å². The number of carboxylic acids is 1. The Morgan fingerprint density at radius 1 is 1.02 bits per heavy atom. The van der Waals surface area contributed by atoms with Crippen molar-refractivity contribution < 1.29 is 68.1 Å². The van der Waals surface area contributed by atoms with Gasteiger partial charge in [-0.25, -0.2) is 14.4 Å². The molecule has 14 heteroatoms. The molecule has 1 heterocycles. The molecule has 1 saturated heterocycles. The van der Waals surface area contributed by atoms with Gasteiger partial charge in [0.05, 0.1) is 48.4 Å². The first-order chi connectivity index (χ1) is 21.0. The number of aliphatic hydroxyl groups excluding tert-OH is 2. The van der Waals surface area contributed by atoms with E-state index in [2.05, 4.69) is 0 Å². The number of carboxylic acid groups (broad SMARTS) is 1. The molecule has 244 valence electrons. The molecule has 1 aromatic carbocycles. The molecule has 45 heavy (non-hydrogen) atoms. The van der Waals surface area contributed by atoms with Crippen LogP contribution in [-0.4, -0.2) is 106 Å². The van der Waals surface area contributed by atoms with Crippen molar-refractivity contribution in [1.29, 1.82) is 0 Å². The second kappa shape index (κ2) is 10.9. The van der Waals surface area contributed by atoms with E-state index < -0.39 is 106 Å². The smallest absolute Gasteiger partial charge is 0.478 e. The molecule has 1 aliphatic heterocycles. The van der Waals surface area contributed by atoms with Crippen LogP contribution < -0.4 is 0 Å². The summed E-state index contributed by atoms with van der Waals surface area (Å²) in [5.41, 5.74) is -9.35. The standard InChI is InChI=1S/C31H36O14/c1-14(32)43-21-20-19(25(36)37)16(33)12-31(40,28(20,2)3)24(44-26(38)15-9-7-6-8-10-15)22-29(4,23(21)35)17(34)11-18-30(22,13-42-18)45-27(39)41-5/h6-10,16-18,21-22,24,33-34,40H,11-13H2,1-5H3,(H,36,37)/t16-,17-,18+,21+,22-,24-,29+,30-,31+/m0/s1. The van der Waals surface area contributed by atoms with Crippen LogP contribution in [0.5, 0.6) is 0 Å². The average Bonchev–Trinajstić information content (AvgIpc) is 2.97. The number of methoxy groups -OCH3 is 1. The monoisotopic (exact) mass is 632 g/mol. The van der Waals surface area contributed by atoms with E-state index in [4.69, 9.17) is 23.7 Å². The summed E-state index contributed by atoms with van der Waals surface area (Å²) < 4.78 is 27.8. The average molecular weight is 633 g/mol. The summed E-state index contributed by atoms with van der Waals surface area (Å²) in [5.74, 6) is -6.22. The molecular formula is C31H36O14. The minimum Gasteiger partial charge on any atom is -0.478 e. The highest BCUT2D eigenvalue weighted by molar-refractivity contribution is 5.99. The number of aliphatic hydroxyl groups is 3. The van der Waals surface area contributed by atoms with Crippen LogP contribution in [0.25, 0.3) is 0 Å². The van der Waals surface area contributed by atoms with Gasteiger partial charge in [0.15, 0.2) is 17.5 Å². The van der Waals surface area contributed by atoms with E-state index in [1.807, 2.05) is 0 Å². The summed E-state index contributed by atoms with van der Waals surface area (Å²) in [4.78, 5) is 66.4. The Morgan fingerprint density at radius 2 is 1.67 bits per heavy atom. The zero-order valence-electron chi connectivity index (χ0n) is 25.3. The van der Waals surface area contributed by atoms with Gasteiger partial charge in [-0.05, 0) is 24.6 Å². The number of rotatable bonds is 5. The van der Waals surface area contributed by atoms with Gasteiger partial charge in [-0.1, -0.05) is 32.0 Å². The maximum absolute atomic E-state index is 14.9. The molecule has 0 spiro atoms. The minimum atomic E-state index is -2.43. The van der Waals surface area contributed by atoms with Crippen molar-refractivity contribution in [1.82, 2.24) is 0 Å². The van der Waals surface area contributed by atoms with E-state index in [0.717, 1.165) is 14.0 Å². The Hall–Kier alpha value is -3.85. The Morgan fingerprint density at radius 3 is 2.20 bits per heavy atom. The highest BCUT2D eigenvalue weighted by atomic mass is 16.8. The molecule has 4 aliphatic rings. The number of carbonyl (C=O) groups excluding carboxylic acids is 4. The predicted octanol–water partition coefficient (Wildman–Crippen LogP) is 0.937. The lowest BCUT2D eigenvalue weighted by Crippen LogP contribution is -2.82. The summed E-state index contributed by atoms with van der Waals surface area (Å²) in [7, 11) is 1.05. The summed E-state index contributed by atoms with van der Waals surface area (Å²) in [6.45, 7) is 4.65. The van der Waals surface area contributed by atoms with E-state index >= 15 is 0 Å². The second-order valence-electron chi connectivity index (χ2n) is 12.8. The number of Topliss-reactive ketones (excluding diaryl/α,β-unsaturated/α-hetero) is 1. The van der Waals surface area contributed by atoms with Crippen molar-refractivity contribution in [2.24, 2.45) is 16.7 Å². The number of ether oxygens (including phenoxy) is 5. The predicted molar refractivity (Wildman–Crippen MR) is 148 cm³/mol. The van der Waals surface area contributed by atoms with Crippen LogP contribution in [0.2, 0.25) is 0 Å². The number of aliphatic carboxylic acids is 1. The molecule has 2 saturated carbocycles. The zero-order chi connectivity index (χ0) is 33.3. The van der Waals surface area contributed by atoms with E-state index in [0.29, 0.717) is 0 Å². The molecule has 1 aromatic rings. The van der Waals surface area contributed by atoms with Crippen LogP contribution in [0, 0.1) is 16.7 Å². The fourth-order valence-corrected chi connectivity index (χ4v) is 7.82. The normalized spacial score (nSPS) is 38.3. The summed E-state index contributed by atoms with van der Waals surface area (Å²) in [5, 5.41) is 46.1. The van der Waals surface area contributed by atoms with Crippen LogP contribution in [0.3, 0.4) is 0 Å². The van der Waals surface area contributed by atoms with Crippen molar-refractivity contribution in [2.75, 3.05) is 13.7 Å². The highest BCUT2D eigenvalue weighted by Gasteiger charge is 2.78. The molecule has 0 aromatic heterocycles. The lowest BCUT2D eigenvalue weighted by Gasteiger charge is -2.67. The van der Waals surface area contributed by atoms with E-state index in [1.54, 1.807) is 18.2 Å². The van der Waals surface area contributed by atoms with Crippen molar-refractivity contribution in [3.8, 4) is 0 Å². The first-order valence-electron chi connectivity index (χ1n) is 14.4. The quantitative estimate of drug-likeness (QED) is 0.263. The number of ketones is 1. The molecule has 0 unspecified atom stereocenters. The van der Waals surface area contributed by atoms with Gasteiger partial charge in [-0.2, -0.15) is 0 Å². The van der Waals surface area contributed by atoms with Gasteiger partial charge in [0, 0.05) is 25.2 Å². The van der Waals surface area contributed by atoms with Gasteiger partial charge in [0.25, 0.3) is 0 Å². The molecule has 14 nitrogen and oxygen atoms in total. The van der Waals surface area contributed by atoms with Gasteiger partial charge in [0.2, 0.25) is 0 Å². The Balaban J connectivity index is 1.87. The Kier molecular flexibility index (Phi) is 7.88. The van der Waals surface area contributed by atoms with Gasteiger partial charge in [-0.15, -0.1) is 0 Å². The number of hydrogen-bond acceptors (Lipinski definition) is 13. The number of benzene rings is 1. The van der Waals surface area contributed by atoms with Crippen molar-refractivity contribution >= 4 is 29.8 Å². The van der Waals surface area contributed by atoms with E-state index in [1.165, 1.54) is 32.9 Å². The first-order valence-corrected chi connectivity index (χ1v) is 14.4. The summed E-state index contributed by atoms with van der Waals surface area (Å²) in [6, 6.07) is 7.67. The Bertz CT molecular complexity index is 1470. The third-order valence-electron chi connectivity index (χ3n) is 10.2. The summed E-state index contributed by atoms with van der Waals surface area (Å²) in [6.07, 6.45) is -10.7. The largest absolute Gasteiger partial charge is 0.508 e. The molecule has 0 amide bonds. The number of esters is 2. The Labute approximate surface area is 257 Å². The molecule has 0 radical (unpaired) electrons. The molecule has 3 aliphatic carbocycles. The number of carbonyl (C=O) groups is 5. The van der Waals surface area contributed by atoms with Crippen molar-refractivity contribution in [3.05, 3.63) is 47.0 Å². The SMILES string of the molecule is COC(=O)O[C@@]12CO[C@@H]1C[C@H](O)[C@@]1(C)C(=O)[C@H](OC(C)=O)C3=C(C(=O)O)[C@@H](O)C[C@@](O)([C@@H](OC(=O)c4ccccc4)[C@H]21)C3(C)C. The van der Waals surface area contributed by atoms with Crippen LogP contribution in [0.15, 0.2) is 41.5 Å². The minimum absolute atomic E-state index is 0.0471. The molecule has 9 atom stereocenters. The third-order valence-corrected chi connectivity index (χ3v) is 10.2. The second-order valence-corrected chi connectivity index (χ2v) is 12.8. The van der Waals surface area contributed by atoms with Gasteiger partial charge >= 0.3 is 24.1 Å². The zero-order valence-corrected chi connectivity index (χ0v) is 25.3. The molecular weight excluding hydrogens is 596 g/mol. The van der Waals surface area contributed by atoms with Crippen molar-refractivity contribution in [3.63, 3.8) is 0 Å². The maximum atomic E-state index is 14.9. The summed E-state index contributed by atoms with van der Waals surface area (Å²) >= 11 is 0. The van der Waals surface area contributed by atoms with Crippen LogP contribution in [0.1, 0.15) is 50.9 Å². The first kappa shape index (κ1) is 32.5. The van der Waals surface area contributed by atoms with Crippen LogP contribution in [0.4, 0.5) is 4.79 Å². The molecule has 2 bridgehead atoms. The fourth-order valence-electron chi connectivity index (χ4n) is 7.82. The van der Waals surface area contributed by atoms with Crippen LogP contribution in [-0.2, 0) is 38.1 Å². The maximum Gasteiger partial charge on any atom is 0.508 e. The molecule has 4 N–H and O–H groups in total. The number of hydrogen-bond donors (Lipinski definition) is 4. The van der Waals surface area contributed by atoms with Gasteiger partial charge < -0.3 is 44.1 Å². The van der Waals surface area contributed by atoms with Crippen molar-refractivity contribution in [2.45, 2.75) is 82.3 Å². The lowest BCUT2D eigenvalue weighted by atomic mass is 9.44. The third kappa shape index (κ3) is 4.56.